The van der Waals surface area contributed by atoms with E-state index in [1.54, 1.807) is 0 Å². The van der Waals surface area contributed by atoms with E-state index in [1.807, 2.05) is 63.2 Å². The summed E-state index contributed by atoms with van der Waals surface area (Å²) in [6.45, 7) is 6.23. The lowest BCUT2D eigenvalue weighted by atomic mass is 9.89. The Morgan fingerprint density at radius 3 is 2.18 bits per heavy atom. The highest BCUT2D eigenvalue weighted by Crippen LogP contribution is 2.29. The van der Waals surface area contributed by atoms with Crippen LogP contribution in [0, 0.1) is 19.8 Å². The number of carbonyl (C=O) groups excluding carboxylic acids is 4. The van der Waals surface area contributed by atoms with Crippen LogP contribution in [0.2, 0.25) is 0 Å². The van der Waals surface area contributed by atoms with E-state index in [4.69, 9.17) is 21.7 Å². The van der Waals surface area contributed by atoms with Crippen molar-refractivity contribution in [2.24, 2.45) is 22.5 Å². The first-order chi connectivity index (χ1) is 27.2. The van der Waals surface area contributed by atoms with Gasteiger partial charge in [0, 0.05) is 23.8 Å². The van der Waals surface area contributed by atoms with Crippen molar-refractivity contribution in [2.45, 2.75) is 96.7 Å². The normalized spacial score (nSPS) is 13.0. The molecule has 0 spiro atoms. The van der Waals surface area contributed by atoms with Gasteiger partial charge in [-0.05, 0) is 104 Å². The Hall–Kier alpha value is -5.76. The SMILES string of the molecule is CCc1cc(OCCCCN=[N+]=[N-])ccc1-c1ccc(C[C@H](CC(=O)[C@H](CC(=O)O)NC(=O)[C@@H](N)CO)C(=O)N[C@@H](CCCc2cc(C)cc(C)c2)C(N)=O)cc1. The number of unbranched alkanes of at least 4 members (excludes halogenated alkanes) is 1. The van der Waals surface area contributed by atoms with Crippen LogP contribution in [-0.4, -0.2) is 77.6 Å². The summed E-state index contributed by atoms with van der Waals surface area (Å²) in [7, 11) is 0. The van der Waals surface area contributed by atoms with Gasteiger partial charge in [-0.15, -0.1) is 0 Å². The van der Waals surface area contributed by atoms with Crippen LogP contribution in [0.1, 0.15) is 73.3 Å². The number of benzene rings is 3. The summed E-state index contributed by atoms with van der Waals surface area (Å²) in [6.07, 6.45) is 2.46. The van der Waals surface area contributed by atoms with Gasteiger partial charge in [0.1, 0.15) is 17.8 Å². The molecule has 0 saturated carbocycles. The van der Waals surface area contributed by atoms with Crippen LogP contribution < -0.4 is 26.8 Å². The lowest BCUT2D eigenvalue weighted by molar-refractivity contribution is -0.140. The van der Waals surface area contributed by atoms with Crippen molar-refractivity contribution in [3.05, 3.63) is 98.9 Å². The zero-order valence-corrected chi connectivity index (χ0v) is 32.9. The number of hydrogen-bond donors (Lipinski definition) is 6. The van der Waals surface area contributed by atoms with Crippen molar-refractivity contribution in [3.8, 4) is 16.9 Å². The molecule has 57 heavy (non-hydrogen) atoms. The zero-order chi connectivity index (χ0) is 41.9. The highest BCUT2D eigenvalue weighted by molar-refractivity contribution is 5.96. The molecule has 0 aliphatic heterocycles. The van der Waals surface area contributed by atoms with E-state index in [1.165, 1.54) is 0 Å². The number of aliphatic hydroxyl groups is 1. The minimum atomic E-state index is -1.52. The molecule has 0 aliphatic carbocycles. The van der Waals surface area contributed by atoms with Crippen LogP contribution in [0.4, 0.5) is 0 Å². The Kier molecular flexibility index (Phi) is 18.7. The van der Waals surface area contributed by atoms with Crippen LogP contribution >= 0.6 is 0 Å². The third-order valence-corrected chi connectivity index (χ3v) is 9.52. The van der Waals surface area contributed by atoms with Crippen LogP contribution in [0.3, 0.4) is 0 Å². The second-order valence-corrected chi connectivity index (χ2v) is 14.3. The number of amides is 3. The molecule has 4 atom stereocenters. The molecular formula is C42H55N7O8. The number of primary amides is 1. The number of Topliss-reactive ketones (excluding diaryl/α,β-unsaturated/α-hetero) is 1. The predicted molar refractivity (Wildman–Crippen MR) is 216 cm³/mol. The van der Waals surface area contributed by atoms with Gasteiger partial charge in [-0.1, -0.05) is 71.7 Å². The summed E-state index contributed by atoms with van der Waals surface area (Å²) in [6, 6.07) is 15.6. The van der Waals surface area contributed by atoms with Gasteiger partial charge in [-0.3, -0.25) is 24.0 Å². The number of nitrogens with two attached hydrogens (primary N) is 2. The molecule has 3 amide bonds. The fourth-order valence-electron chi connectivity index (χ4n) is 6.58. The fraction of sp³-hybridized carbons (Fsp3) is 0.452. The standard InChI is InChI=1S/C42H55N7O8/c1-4-30-22-33(57-17-6-5-16-46-49-45)14-15-34(30)31-12-10-28(11-13-31)21-32(23-38(51)37(24-39(52)53)48-42(56)35(43)25-50)41(55)47-36(40(44)54)9-7-8-29-19-26(2)18-27(3)20-29/h10-15,18-20,22,32,35-37,50H,4-9,16-17,21,23-25,43H2,1-3H3,(H2,44,54)(H,47,55)(H,48,56)(H,52,53)/t32-,35+,36+,37+/m1/s1. The molecule has 15 heteroatoms. The molecule has 306 valence electrons. The number of carboxylic acid groups (broad SMARTS) is 1. The first-order valence-electron chi connectivity index (χ1n) is 19.2. The molecule has 0 saturated heterocycles. The predicted octanol–water partition coefficient (Wildman–Crippen LogP) is 4.39. The van der Waals surface area contributed by atoms with Gasteiger partial charge >= 0.3 is 5.97 Å². The number of hydrogen-bond acceptors (Lipinski definition) is 9. The Morgan fingerprint density at radius 2 is 1.56 bits per heavy atom. The van der Waals surface area contributed by atoms with E-state index >= 15 is 0 Å². The minimum absolute atomic E-state index is 0.0445. The number of ether oxygens (including phenoxy) is 1. The van der Waals surface area contributed by atoms with E-state index in [0.717, 1.165) is 58.4 Å². The molecule has 0 heterocycles. The number of aliphatic hydroxyl groups excluding tert-OH is 1. The van der Waals surface area contributed by atoms with E-state index in [9.17, 15) is 34.2 Å². The number of rotatable bonds is 25. The van der Waals surface area contributed by atoms with Crippen LogP contribution in [0.15, 0.2) is 65.8 Å². The van der Waals surface area contributed by atoms with Crippen molar-refractivity contribution in [2.75, 3.05) is 19.8 Å². The van der Waals surface area contributed by atoms with E-state index in [0.29, 0.717) is 31.6 Å². The average Bonchev–Trinajstić information content (AvgIpc) is 3.17. The largest absolute Gasteiger partial charge is 0.494 e. The number of azide groups is 1. The van der Waals surface area contributed by atoms with Crippen molar-refractivity contribution >= 4 is 29.5 Å². The number of ketones is 1. The smallest absolute Gasteiger partial charge is 0.305 e. The third-order valence-electron chi connectivity index (χ3n) is 9.52. The van der Waals surface area contributed by atoms with Crippen LogP contribution in [-0.2, 0) is 43.2 Å². The number of aryl methyl sites for hydroxylation is 4. The lowest BCUT2D eigenvalue weighted by Crippen LogP contribution is -2.51. The first kappa shape index (κ1) is 45.6. The average molecular weight is 786 g/mol. The van der Waals surface area contributed by atoms with Gasteiger partial charge < -0.3 is 37.1 Å². The number of nitrogens with one attached hydrogen (secondary N) is 2. The van der Waals surface area contributed by atoms with Gasteiger partial charge in [-0.2, -0.15) is 0 Å². The molecule has 0 bridgehead atoms. The van der Waals surface area contributed by atoms with Crippen molar-refractivity contribution < 1.29 is 38.9 Å². The Balaban J connectivity index is 1.83. The quantitative estimate of drug-likeness (QED) is 0.0308. The Bertz CT molecular complexity index is 1880. The van der Waals surface area contributed by atoms with Crippen LogP contribution in [0.5, 0.6) is 5.75 Å². The molecular weight excluding hydrogens is 731 g/mol. The summed E-state index contributed by atoms with van der Waals surface area (Å²) in [4.78, 5) is 67.0. The summed E-state index contributed by atoms with van der Waals surface area (Å²) in [5, 5.41) is 27.4. The molecule has 0 aliphatic rings. The molecule has 3 aromatic carbocycles. The zero-order valence-electron chi connectivity index (χ0n) is 32.9. The summed E-state index contributed by atoms with van der Waals surface area (Å²) >= 11 is 0. The van der Waals surface area contributed by atoms with E-state index < -0.39 is 73.0 Å². The topological polar surface area (TPSA) is 260 Å². The van der Waals surface area contributed by atoms with Gasteiger partial charge in [-0.25, -0.2) is 0 Å². The van der Waals surface area contributed by atoms with Gasteiger partial charge in [0.15, 0.2) is 5.78 Å². The third kappa shape index (κ3) is 15.4. The summed E-state index contributed by atoms with van der Waals surface area (Å²) < 4.78 is 5.90. The monoisotopic (exact) mass is 785 g/mol. The molecule has 0 fully saturated rings. The molecule has 15 nitrogen and oxygen atoms in total. The molecule has 3 aromatic rings. The fourth-order valence-corrected chi connectivity index (χ4v) is 6.58. The maximum absolute atomic E-state index is 13.9. The van der Waals surface area contributed by atoms with Gasteiger partial charge in [0.05, 0.1) is 25.7 Å². The van der Waals surface area contributed by atoms with Crippen molar-refractivity contribution in [3.63, 3.8) is 0 Å². The number of carbonyl (C=O) groups is 5. The molecule has 0 unspecified atom stereocenters. The maximum atomic E-state index is 13.9. The first-order valence-corrected chi connectivity index (χ1v) is 19.2. The number of nitrogens with zero attached hydrogens (tertiary/aromatic N) is 3. The second-order valence-electron chi connectivity index (χ2n) is 14.3. The second kappa shape index (κ2) is 23.3. The molecule has 0 aromatic heterocycles. The van der Waals surface area contributed by atoms with Gasteiger partial charge in [0.2, 0.25) is 17.7 Å². The minimum Gasteiger partial charge on any atom is -0.494 e. The maximum Gasteiger partial charge on any atom is 0.305 e. The molecule has 3 rings (SSSR count). The summed E-state index contributed by atoms with van der Waals surface area (Å²) in [5.74, 6) is -4.72. The number of carboxylic acids is 1. The Labute approximate surface area is 333 Å². The van der Waals surface area contributed by atoms with Crippen LogP contribution in [0.25, 0.3) is 21.6 Å². The number of aliphatic carboxylic acids is 1. The van der Waals surface area contributed by atoms with Crippen molar-refractivity contribution in [1.82, 2.24) is 10.6 Å². The molecule has 0 radical (unpaired) electrons. The highest BCUT2D eigenvalue weighted by Gasteiger charge is 2.32. The van der Waals surface area contributed by atoms with E-state index in [2.05, 4.69) is 38.9 Å². The van der Waals surface area contributed by atoms with Gasteiger partial charge in [0.25, 0.3) is 0 Å². The molecule has 8 N–H and O–H groups in total. The summed E-state index contributed by atoms with van der Waals surface area (Å²) in [5.41, 5.74) is 26.7. The Morgan fingerprint density at radius 1 is 0.877 bits per heavy atom. The van der Waals surface area contributed by atoms with E-state index in [-0.39, 0.29) is 12.8 Å². The van der Waals surface area contributed by atoms with Crippen molar-refractivity contribution in [1.29, 1.82) is 0 Å². The highest BCUT2D eigenvalue weighted by atomic mass is 16.5. The lowest BCUT2D eigenvalue weighted by Gasteiger charge is -2.23.